The van der Waals surface area contributed by atoms with E-state index in [9.17, 15) is 9.59 Å². The number of halogens is 1. The molecule has 0 bridgehead atoms. The molecule has 0 aliphatic carbocycles. The lowest BCUT2D eigenvalue weighted by molar-refractivity contribution is 0.0696. The Hall–Kier alpha value is -3.62. The first-order valence-corrected chi connectivity index (χ1v) is 12.2. The average molecular weight is 507 g/mol. The van der Waals surface area contributed by atoms with E-state index in [1.165, 1.54) is 4.90 Å². The molecule has 2 aromatic heterocycles. The third-order valence-electron chi connectivity index (χ3n) is 6.53. The molecule has 9 heteroatoms. The number of nitrogens with zero attached hydrogens (tertiary/aromatic N) is 4. The van der Waals surface area contributed by atoms with Crippen LogP contribution in [-0.2, 0) is 23.1 Å². The molecule has 4 aromatic rings. The van der Waals surface area contributed by atoms with Crippen molar-refractivity contribution in [3.05, 3.63) is 87.4 Å². The van der Waals surface area contributed by atoms with Crippen molar-refractivity contribution >= 4 is 40.2 Å². The minimum Gasteiger partial charge on any atom is -0.444 e. The zero-order chi connectivity index (χ0) is 25.2. The monoisotopic (exact) mass is 506 g/mol. The molecule has 36 heavy (non-hydrogen) atoms. The van der Waals surface area contributed by atoms with Crippen LogP contribution in [0.2, 0.25) is 5.02 Å². The fourth-order valence-corrected chi connectivity index (χ4v) is 4.86. The van der Waals surface area contributed by atoms with Crippen LogP contribution in [0, 0.1) is 6.92 Å². The van der Waals surface area contributed by atoms with Gasteiger partial charge in [-0.05, 0) is 49.1 Å². The summed E-state index contributed by atoms with van der Waals surface area (Å²) in [5, 5.41) is 0.564. The van der Waals surface area contributed by atoms with Crippen molar-refractivity contribution in [1.29, 1.82) is 0 Å². The summed E-state index contributed by atoms with van der Waals surface area (Å²) < 4.78 is 14.6. The molecule has 0 radical (unpaired) electrons. The fraction of sp³-hybridized carbons (Fsp3) is 0.296. The van der Waals surface area contributed by atoms with E-state index >= 15 is 0 Å². The number of imidazole rings is 1. The summed E-state index contributed by atoms with van der Waals surface area (Å²) in [6, 6.07) is 16.6. The van der Waals surface area contributed by atoms with Crippen molar-refractivity contribution in [3.63, 3.8) is 0 Å². The van der Waals surface area contributed by atoms with Crippen molar-refractivity contribution in [3.8, 4) is 0 Å². The predicted octanol–water partition coefficient (Wildman–Crippen LogP) is 5.52. The van der Waals surface area contributed by atoms with Gasteiger partial charge in [0.15, 0.2) is 0 Å². The van der Waals surface area contributed by atoms with Crippen LogP contribution in [0.25, 0.3) is 11.0 Å². The number of hydrogen-bond acceptors (Lipinski definition) is 5. The summed E-state index contributed by atoms with van der Waals surface area (Å²) in [5.74, 6) is 0.359. The molecular weight excluding hydrogens is 480 g/mol. The number of anilines is 2. The molecule has 1 fully saturated rings. The van der Waals surface area contributed by atoms with E-state index in [0.29, 0.717) is 40.8 Å². The van der Waals surface area contributed by atoms with E-state index in [1.54, 1.807) is 46.6 Å². The summed E-state index contributed by atoms with van der Waals surface area (Å²) >= 11 is 6.19. The first kappa shape index (κ1) is 24.1. The lowest BCUT2D eigenvalue weighted by Crippen LogP contribution is -2.30. The second kappa shape index (κ2) is 10.2. The van der Waals surface area contributed by atoms with Crippen LogP contribution < -0.4 is 10.6 Å². The van der Waals surface area contributed by atoms with Gasteiger partial charge in [0.1, 0.15) is 12.4 Å². The van der Waals surface area contributed by atoms with E-state index in [2.05, 4.69) is 4.98 Å². The number of fused-ring (bicyclic) bond motifs is 1. The summed E-state index contributed by atoms with van der Waals surface area (Å²) in [6.07, 6.45) is 2.54. The van der Waals surface area contributed by atoms with Gasteiger partial charge in [-0.25, -0.2) is 19.5 Å². The number of benzene rings is 2. The molecule has 2 aromatic carbocycles. The Morgan fingerprint density at radius 2 is 1.89 bits per heavy atom. The average Bonchev–Trinajstić information content (AvgIpc) is 3.14. The fourth-order valence-electron chi connectivity index (χ4n) is 4.63. The summed E-state index contributed by atoms with van der Waals surface area (Å²) in [4.78, 5) is 32.7. The van der Waals surface area contributed by atoms with Gasteiger partial charge in [-0.15, -0.1) is 0 Å². The molecule has 0 spiro atoms. The summed E-state index contributed by atoms with van der Waals surface area (Å²) in [5.41, 5.74) is 3.55. The first-order chi connectivity index (χ1) is 17.4. The van der Waals surface area contributed by atoms with Crippen LogP contribution in [0.3, 0.4) is 0 Å². The molecular formula is C27H27ClN4O4. The van der Waals surface area contributed by atoms with Crippen molar-refractivity contribution < 1.29 is 14.3 Å². The van der Waals surface area contributed by atoms with E-state index in [-0.39, 0.29) is 18.3 Å². The summed E-state index contributed by atoms with van der Waals surface area (Å²) in [7, 11) is 1.73. The van der Waals surface area contributed by atoms with E-state index in [0.717, 1.165) is 24.0 Å². The number of pyridine rings is 1. The Labute approximate surface area is 213 Å². The second-order valence-corrected chi connectivity index (χ2v) is 9.33. The van der Waals surface area contributed by atoms with E-state index in [4.69, 9.17) is 21.1 Å². The normalized spacial score (nSPS) is 14.2. The van der Waals surface area contributed by atoms with Crippen molar-refractivity contribution in [1.82, 2.24) is 14.1 Å². The second-order valence-electron chi connectivity index (χ2n) is 8.89. The molecule has 0 atom stereocenters. The van der Waals surface area contributed by atoms with Gasteiger partial charge in [0.25, 0.3) is 0 Å². The molecule has 1 aliphatic rings. The number of amides is 1. The molecule has 186 valence electrons. The van der Waals surface area contributed by atoms with Gasteiger partial charge in [0.05, 0.1) is 22.9 Å². The number of carbonyl (C=O) groups excluding carboxylic acids is 1. The molecule has 0 saturated carbocycles. The molecule has 3 heterocycles. The highest BCUT2D eigenvalue weighted by molar-refractivity contribution is 6.30. The number of hydrogen-bond donors (Lipinski definition) is 0. The minimum absolute atomic E-state index is 0.0148. The third-order valence-corrected chi connectivity index (χ3v) is 6.77. The van der Waals surface area contributed by atoms with E-state index < -0.39 is 6.09 Å². The van der Waals surface area contributed by atoms with Crippen molar-refractivity contribution in [2.75, 3.05) is 18.1 Å². The number of rotatable bonds is 5. The molecule has 1 aliphatic heterocycles. The molecule has 1 amide bonds. The van der Waals surface area contributed by atoms with Gasteiger partial charge in [-0.2, -0.15) is 0 Å². The first-order valence-electron chi connectivity index (χ1n) is 11.9. The zero-order valence-corrected chi connectivity index (χ0v) is 20.9. The van der Waals surface area contributed by atoms with Crippen molar-refractivity contribution in [2.24, 2.45) is 7.05 Å². The van der Waals surface area contributed by atoms with Crippen molar-refractivity contribution in [2.45, 2.75) is 32.4 Å². The van der Waals surface area contributed by atoms with Gasteiger partial charge in [0, 0.05) is 37.4 Å². The Bertz CT molecular complexity index is 1460. The topological polar surface area (TPSA) is 78.6 Å². The predicted molar refractivity (Wildman–Crippen MR) is 139 cm³/mol. The van der Waals surface area contributed by atoms with Crippen LogP contribution in [0.1, 0.15) is 30.0 Å². The maximum absolute atomic E-state index is 13.5. The van der Waals surface area contributed by atoms with Gasteiger partial charge in [0.2, 0.25) is 0 Å². The molecule has 1 saturated heterocycles. The summed E-state index contributed by atoms with van der Waals surface area (Å²) in [6.45, 7) is 3.20. The lowest BCUT2D eigenvalue weighted by atomic mass is 10.1. The van der Waals surface area contributed by atoms with Crippen LogP contribution in [-0.4, -0.2) is 33.4 Å². The smallest absolute Gasteiger partial charge is 0.420 e. The third kappa shape index (κ3) is 4.62. The maximum Gasteiger partial charge on any atom is 0.420 e. The molecule has 8 nitrogen and oxygen atoms in total. The number of ether oxygens (including phenoxy) is 2. The van der Waals surface area contributed by atoms with Crippen LogP contribution in [0.4, 0.5) is 16.3 Å². The van der Waals surface area contributed by atoms with Crippen LogP contribution in [0.5, 0.6) is 0 Å². The Morgan fingerprint density at radius 1 is 1.14 bits per heavy atom. The van der Waals surface area contributed by atoms with Crippen LogP contribution in [0.15, 0.2) is 65.6 Å². The van der Waals surface area contributed by atoms with E-state index in [1.807, 2.05) is 37.3 Å². The lowest BCUT2D eigenvalue weighted by Gasteiger charge is -2.25. The molecule has 0 unspecified atom stereocenters. The Morgan fingerprint density at radius 3 is 2.61 bits per heavy atom. The number of aryl methyl sites for hydroxylation is 2. The highest BCUT2D eigenvalue weighted by Crippen LogP contribution is 2.33. The maximum atomic E-state index is 13.5. The highest BCUT2D eigenvalue weighted by atomic mass is 35.5. The quantitative estimate of drug-likeness (QED) is 0.356. The number of aromatic nitrogens is 3. The molecule has 0 N–H and O–H groups in total. The SMILES string of the molecule is Cc1cc(Cl)ccc1N(C(=O)OCc1ccccc1)c1cc2c(cn1)n(C)c(=O)n2C1CCOCC1. The zero-order valence-electron chi connectivity index (χ0n) is 20.2. The van der Waals surface area contributed by atoms with Gasteiger partial charge in [-0.3, -0.25) is 9.13 Å². The van der Waals surface area contributed by atoms with Gasteiger partial charge in [-0.1, -0.05) is 41.9 Å². The van der Waals surface area contributed by atoms with Crippen LogP contribution >= 0.6 is 11.6 Å². The highest BCUT2D eigenvalue weighted by Gasteiger charge is 2.27. The van der Waals surface area contributed by atoms with Gasteiger partial charge >= 0.3 is 11.8 Å². The van der Waals surface area contributed by atoms with Gasteiger partial charge < -0.3 is 9.47 Å². The largest absolute Gasteiger partial charge is 0.444 e. The number of carbonyl (C=O) groups is 1. The Balaban J connectivity index is 1.59. The Kier molecular flexibility index (Phi) is 6.80. The molecule has 5 rings (SSSR count). The standard InChI is InChI=1S/C27H27ClN4O4/c1-18-14-20(28)8-9-22(18)32(27(34)36-17-19-6-4-3-5-7-19)25-15-23-24(16-29-25)30(2)26(33)31(23)21-10-12-35-13-11-21/h3-9,14-16,21H,10-13,17H2,1-2H3. The minimum atomic E-state index is -0.577.